The maximum absolute atomic E-state index is 11.5. The summed E-state index contributed by atoms with van der Waals surface area (Å²) < 4.78 is 0. The number of nitrogens with zero attached hydrogens (tertiary/aromatic N) is 1. The molecule has 136 valence electrons. The molecule has 0 saturated heterocycles. The Morgan fingerprint density at radius 3 is 2.84 bits per heavy atom. The number of thiophene rings is 1. The van der Waals surface area contributed by atoms with Gasteiger partial charge in [-0.05, 0) is 78.1 Å². The molecule has 5 aliphatic carbocycles. The van der Waals surface area contributed by atoms with Crippen LogP contribution in [0.15, 0.2) is 22.5 Å². The maximum atomic E-state index is 11.5. The van der Waals surface area contributed by atoms with Gasteiger partial charge in [0.2, 0.25) is 0 Å². The van der Waals surface area contributed by atoms with Gasteiger partial charge in [-0.2, -0.15) is 0 Å². The third-order valence-electron chi connectivity index (χ3n) is 8.28. The molecule has 2 bridgehead atoms. The molecule has 6 heteroatoms. The minimum Gasteiger partial charge on any atom is -0.387 e. The van der Waals surface area contributed by atoms with E-state index in [9.17, 15) is 5.11 Å². The summed E-state index contributed by atoms with van der Waals surface area (Å²) in [6.07, 6.45) is 3.78. The zero-order valence-corrected chi connectivity index (χ0v) is 17.3. The van der Waals surface area contributed by atoms with Crippen molar-refractivity contribution in [3.63, 3.8) is 0 Å². The molecule has 5 aliphatic rings. The number of aliphatic hydroxyl groups is 1. The van der Waals surface area contributed by atoms with E-state index < -0.39 is 5.60 Å². The van der Waals surface area contributed by atoms with E-state index in [4.69, 9.17) is 5.73 Å². The topological polar surface area (TPSA) is 70.6 Å². The van der Waals surface area contributed by atoms with Crippen LogP contribution in [0.25, 0.3) is 0 Å². The summed E-state index contributed by atoms with van der Waals surface area (Å²) in [5.41, 5.74) is 5.52. The number of aliphatic imine (C=N–C) groups is 1. The molecule has 9 atom stereocenters. The number of hydrogen-bond acceptors (Lipinski definition) is 3. The zero-order chi connectivity index (χ0) is 16.1. The molecule has 4 N–H and O–H groups in total. The number of rotatable bonds is 5. The first-order valence-electron chi connectivity index (χ1n) is 9.47. The van der Waals surface area contributed by atoms with Gasteiger partial charge in [0.15, 0.2) is 5.96 Å². The lowest BCUT2D eigenvalue weighted by Crippen LogP contribution is -2.56. The summed E-state index contributed by atoms with van der Waals surface area (Å²) in [7, 11) is 0. The van der Waals surface area contributed by atoms with Crippen molar-refractivity contribution in [2.75, 3.05) is 13.1 Å². The van der Waals surface area contributed by atoms with Crippen molar-refractivity contribution in [3.8, 4) is 0 Å². The Kier molecular flexibility index (Phi) is 3.75. The molecule has 0 radical (unpaired) electrons. The van der Waals surface area contributed by atoms with Gasteiger partial charge < -0.3 is 16.2 Å². The van der Waals surface area contributed by atoms with Crippen LogP contribution in [0.3, 0.4) is 0 Å². The van der Waals surface area contributed by atoms with Crippen LogP contribution in [0.4, 0.5) is 0 Å². The molecule has 1 aromatic heterocycles. The molecule has 6 rings (SSSR count). The monoisotopic (exact) mass is 471 g/mol. The SMILES string of the molecule is I.NC(=NCC1(O)C2C3CC4C5C3CC2C5C41)NCCc1cccs1. The number of nitrogens with one attached hydrogen (secondary N) is 1. The van der Waals surface area contributed by atoms with Gasteiger partial charge in [-0.15, -0.1) is 35.3 Å². The fourth-order valence-electron chi connectivity index (χ4n) is 7.97. The highest BCUT2D eigenvalue weighted by molar-refractivity contribution is 14.0. The summed E-state index contributed by atoms with van der Waals surface area (Å²) in [6.45, 7) is 1.32. The van der Waals surface area contributed by atoms with E-state index >= 15 is 0 Å². The van der Waals surface area contributed by atoms with Crippen molar-refractivity contribution in [3.05, 3.63) is 22.4 Å². The lowest BCUT2D eigenvalue weighted by atomic mass is 9.56. The van der Waals surface area contributed by atoms with Crippen molar-refractivity contribution in [1.29, 1.82) is 0 Å². The highest BCUT2D eigenvalue weighted by Crippen LogP contribution is 2.85. The van der Waals surface area contributed by atoms with Crippen LogP contribution in [0.5, 0.6) is 0 Å². The van der Waals surface area contributed by atoms with E-state index in [0.717, 1.165) is 48.5 Å². The van der Waals surface area contributed by atoms with Gasteiger partial charge in [0.05, 0.1) is 12.1 Å². The van der Waals surface area contributed by atoms with E-state index in [1.54, 1.807) is 11.3 Å². The molecule has 1 aromatic rings. The lowest BCUT2D eigenvalue weighted by molar-refractivity contribution is -0.123. The second-order valence-electron chi connectivity index (χ2n) is 8.78. The number of fused-ring (bicyclic) bond motifs is 2. The van der Waals surface area contributed by atoms with Crippen LogP contribution in [0.2, 0.25) is 0 Å². The number of guanidine groups is 1. The average Bonchev–Trinajstić information content (AvgIpc) is 3.23. The molecule has 0 aliphatic heterocycles. The first-order chi connectivity index (χ1) is 11.7. The fraction of sp³-hybridized carbons (Fsp3) is 0.737. The van der Waals surface area contributed by atoms with Crippen molar-refractivity contribution >= 4 is 41.3 Å². The molecule has 0 spiro atoms. The summed E-state index contributed by atoms with van der Waals surface area (Å²) in [5, 5.41) is 16.8. The predicted octanol–water partition coefficient (Wildman–Crippen LogP) is 2.32. The highest BCUT2D eigenvalue weighted by Gasteiger charge is 2.84. The Bertz CT molecular complexity index is 704. The summed E-state index contributed by atoms with van der Waals surface area (Å²) in [5.74, 6) is 6.72. The Balaban J connectivity index is 0.00000140. The lowest BCUT2D eigenvalue weighted by Gasteiger charge is -2.51. The minimum atomic E-state index is -0.551. The summed E-state index contributed by atoms with van der Waals surface area (Å²) >= 11 is 1.77. The first kappa shape index (κ1) is 16.8. The maximum Gasteiger partial charge on any atom is 0.188 e. The molecule has 25 heavy (non-hydrogen) atoms. The van der Waals surface area contributed by atoms with Crippen LogP contribution >= 0.6 is 35.3 Å². The number of halogens is 1. The predicted molar refractivity (Wildman–Crippen MR) is 110 cm³/mol. The van der Waals surface area contributed by atoms with E-state index in [0.29, 0.717) is 24.3 Å². The van der Waals surface area contributed by atoms with Gasteiger partial charge in [-0.25, -0.2) is 0 Å². The smallest absolute Gasteiger partial charge is 0.188 e. The zero-order valence-electron chi connectivity index (χ0n) is 14.2. The van der Waals surface area contributed by atoms with Gasteiger partial charge in [0.25, 0.3) is 0 Å². The van der Waals surface area contributed by atoms with Crippen molar-refractivity contribution in [1.82, 2.24) is 5.32 Å². The molecule has 5 fully saturated rings. The van der Waals surface area contributed by atoms with Gasteiger partial charge >= 0.3 is 0 Å². The third-order valence-corrected chi connectivity index (χ3v) is 9.22. The van der Waals surface area contributed by atoms with E-state index in [1.807, 2.05) is 0 Å². The Morgan fingerprint density at radius 1 is 1.24 bits per heavy atom. The molecule has 5 saturated carbocycles. The van der Waals surface area contributed by atoms with E-state index in [-0.39, 0.29) is 24.0 Å². The molecular weight excluding hydrogens is 445 g/mol. The molecule has 9 unspecified atom stereocenters. The summed E-state index contributed by atoms with van der Waals surface area (Å²) in [6, 6.07) is 4.22. The van der Waals surface area contributed by atoms with Crippen molar-refractivity contribution < 1.29 is 5.11 Å². The number of nitrogens with two attached hydrogens (primary N) is 1. The highest BCUT2D eigenvalue weighted by atomic mass is 127. The van der Waals surface area contributed by atoms with Crippen LogP contribution in [-0.4, -0.2) is 29.8 Å². The number of hydrogen-bond donors (Lipinski definition) is 3. The largest absolute Gasteiger partial charge is 0.387 e. The van der Waals surface area contributed by atoms with Crippen LogP contribution in [0.1, 0.15) is 17.7 Å². The second-order valence-corrected chi connectivity index (χ2v) is 9.81. The Labute approximate surface area is 169 Å². The fourth-order valence-corrected chi connectivity index (χ4v) is 8.68. The molecule has 0 aromatic carbocycles. The quantitative estimate of drug-likeness (QED) is 0.351. The van der Waals surface area contributed by atoms with Crippen LogP contribution < -0.4 is 11.1 Å². The van der Waals surface area contributed by atoms with Crippen LogP contribution in [0, 0.1) is 47.3 Å². The van der Waals surface area contributed by atoms with Crippen molar-refractivity contribution in [2.45, 2.75) is 24.9 Å². The van der Waals surface area contributed by atoms with Gasteiger partial charge in [0.1, 0.15) is 0 Å². The summed E-state index contributed by atoms with van der Waals surface area (Å²) in [4.78, 5) is 5.94. The molecule has 0 amide bonds. The standard InChI is InChI=1S/C19H25N3OS.HI/c20-18(21-4-3-9-2-1-5-24-9)22-8-19(23)16-11-7-12-14-10(11)6-13(16)15(14)17(12)19;/h1-2,5,10-17,23H,3-4,6-8H2,(H3,20,21,22);1H. The Hall–Kier alpha value is -0.340. The van der Waals surface area contributed by atoms with Crippen LogP contribution in [-0.2, 0) is 6.42 Å². The van der Waals surface area contributed by atoms with Gasteiger partial charge in [-0.1, -0.05) is 6.07 Å². The van der Waals surface area contributed by atoms with Gasteiger partial charge in [-0.3, -0.25) is 4.99 Å². The molecular formula is C19H26IN3OS. The second kappa shape index (κ2) is 5.58. The van der Waals surface area contributed by atoms with Gasteiger partial charge in [0, 0.05) is 11.4 Å². The average molecular weight is 471 g/mol. The van der Waals surface area contributed by atoms with E-state index in [1.165, 1.54) is 17.7 Å². The Morgan fingerprint density at radius 2 is 2.04 bits per heavy atom. The normalized spacial score (nSPS) is 50.2. The van der Waals surface area contributed by atoms with Crippen molar-refractivity contribution in [2.24, 2.45) is 58.1 Å². The minimum absolute atomic E-state index is 0. The third kappa shape index (κ3) is 1.99. The first-order valence-corrected chi connectivity index (χ1v) is 10.3. The molecule has 1 heterocycles. The molecule has 4 nitrogen and oxygen atoms in total. The van der Waals surface area contributed by atoms with E-state index in [2.05, 4.69) is 27.8 Å².